The van der Waals surface area contributed by atoms with E-state index in [0.717, 1.165) is 43.0 Å². The molecule has 0 unspecified atom stereocenters. The highest BCUT2D eigenvalue weighted by atomic mass is 16.5. The number of pyridine rings is 1. The summed E-state index contributed by atoms with van der Waals surface area (Å²) < 4.78 is 7.56. The summed E-state index contributed by atoms with van der Waals surface area (Å²) in [5.74, 6) is 0. The zero-order chi connectivity index (χ0) is 15.8. The van der Waals surface area contributed by atoms with Gasteiger partial charge in [0.2, 0.25) is 0 Å². The zero-order valence-corrected chi connectivity index (χ0v) is 13.6. The lowest BCUT2D eigenvalue weighted by Crippen LogP contribution is -2.52. The molecule has 23 heavy (non-hydrogen) atoms. The molecule has 2 aliphatic rings. The number of aromatic nitrogens is 2. The Hall–Kier alpha value is -1.72. The van der Waals surface area contributed by atoms with E-state index in [2.05, 4.69) is 4.90 Å². The van der Waals surface area contributed by atoms with Crippen LogP contribution in [-0.2, 0) is 11.3 Å². The SMILES string of the molecule is Cc1cccn2c(=O)cc(CN3CCO[C@H]4CCCC[C@@H]43)nc12. The molecule has 5 nitrogen and oxygen atoms in total. The van der Waals surface area contributed by atoms with E-state index in [4.69, 9.17) is 9.72 Å². The minimum Gasteiger partial charge on any atom is -0.375 e. The Balaban J connectivity index is 1.64. The summed E-state index contributed by atoms with van der Waals surface area (Å²) in [5, 5.41) is 0. The van der Waals surface area contributed by atoms with E-state index in [1.807, 2.05) is 19.1 Å². The van der Waals surface area contributed by atoms with E-state index in [-0.39, 0.29) is 5.56 Å². The second-order valence-electron chi connectivity index (χ2n) is 6.70. The van der Waals surface area contributed by atoms with Crippen molar-refractivity contribution in [1.29, 1.82) is 0 Å². The van der Waals surface area contributed by atoms with Gasteiger partial charge >= 0.3 is 0 Å². The summed E-state index contributed by atoms with van der Waals surface area (Å²) in [6, 6.07) is 6.05. The number of hydrogen-bond acceptors (Lipinski definition) is 4. The maximum Gasteiger partial charge on any atom is 0.258 e. The highest BCUT2D eigenvalue weighted by molar-refractivity contribution is 5.46. The van der Waals surface area contributed by atoms with E-state index in [9.17, 15) is 4.79 Å². The number of aryl methyl sites for hydroxylation is 1. The van der Waals surface area contributed by atoms with E-state index in [0.29, 0.717) is 12.1 Å². The molecule has 1 saturated carbocycles. The van der Waals surface area contributed by atoms with Gasteiger partial charge < -0.3 is 4.74 Å². The van der Waals surface area contributed by atoms with Crippen molar-refractivity contribution in [3.63, 3.8) is 0 Å². The molecule has 3 heterocycles. The molecule has 0 spiro atoms. The number of rotatable bonds is 2. The molecule has 0 bridgehead atoms. The molecule has 0 aromatic carbocycles. The zero-order valence-electron chi connectivity index (χ0n) is 13.6. The van der Waals surface area contributed by atoms with Crippen LogP contribution in [0.4, 0.5) is 0 Å². The lowest BCUT2D eigenvalue weighted by atomic mass is 9.90. The van der Waals surface area contributed by atoms with Crippen LogP contribution < -0.4 is 5.56 Å². The first kappa shape index (κ1) is 14.8. The summed E-state index contributed by atoms with van der Waals surface area (Å²) in [5.41, 5.74) is 2.67. The minimum absolute atomic E-state index is 0.00199. The van der Waals surface area contributed by atoms with Crippen LogP contribution in [0.5, 0.6) is 0 Å². The van der Waals surface area contributed by atoms with Crippen LogP contribution in [0, 0.1) is 6.92 Å². The molecule has 0 amide bonds. The van der Waals surface area contributed by atoms with Gasteiger partial charge in [-0.05, 0) is 31.4 Å². The molecule has 4 rings (SSSR count). The lowest BCUT2D eigenvalue weighted by molar-refractivity contribution is -0.0914. The van der Waals surface area contributed by atoms with Gasteiger partial charge in [-0.25, -0.2) is 4.98 Å². The second-order valence-corrected chi connectivity index (χ2v) is 6.70. The molecule has 1 saturated heterocycles. The van der Waals surface area contributed by atoms with E-state index in [1.54, 1.807) is 16.7 Å². The molecule has 2 fully saturated rings. The Morgan fingerprint density at radius 1 is 1.35 bits per heavy atom. The molecule has 2 aromatic heterocycles. The first-order valence-corrected chi connectivity index (χ1v) is 8.56. The lowest BCUT2D eigenvalue weighted by Gasteiger charge is -2.43. The van der Waals surface area contributed by atoms with Gasteiger partial charge in [0.15, 0.2) is 0 Å². The van der Waals surface area contributed by atoms with Gasteiger partial charge in [0.05, 0.1) is 18.4 Å². The highest BCUT2D eigenvalue weighted by Gasteiger charge is 2.34. The topological polar surface area (TPSA) is 46.8 Å². The number of ether oxygens (including phenoxy) is 1. The molecular formula is C18H23N3O2. The Labute approximate surface area is 135 Å². The van der Waals surface area contributed by atoms with Crippen molar-refractivity contribution in [2.75, 3.05) is 13.2 Å². The third-order valence-electron chi connectivity index (χ3n) is 5.15. The maximum atomic E-state index is 12.4. The Kier molecular flexibility index (Phi) is 3.91. The normalized spacial score (nSPS) is 25.4. The predicted molar refractivity (Wildman–Crippen MR) is 88.6 cm³/mol. The fourth-order valence-corrected chi connectivity index (χ4v) is 3.97. The summed E-state index contributed by atoms with van der Waals surface area (Å²) in [6.07, 6.45) is 7.04. The number of hydrogen-bond donors (Lipinski definition) is 0. The average Bonchev–Trinajstić information content (AvgIpc) is 2.56. The summed E-state index contributed by atoms with van der Waals surface area (Å²) in [4.78, 5) is 19.6. The fourth-order valence-electron chi connectivity index (χ4n) is 3.97. The van der Waals surface area contributed by atoms with Crippen LogP contribution in [0.2, 0.25) is 0 Å². The Morgan fingerprint density at radius 3 is 3.13 bits per heavy atom. The molecule has 0 N–H and O–H groups in total. The molecule has 5 heteroatoms. The third kappa shape index (κ3) is 2.79. The second kappa shape index (κ2) is 6.06. The Morgan fingerprint density at radius 2 is 2.22 bits per heavy atom. The highest BCUT2D eigenvalue weighted by Crippen LogP contribution is 2.29. The van der Waals surface area contributed by atoms with Gasteiger partial charge in [0, 0.05) is 31.4 Å². The Bertz CT molecular complexity index is 768. The van der Waals surface area contributed by atoms with Crippen molar-refractivity contribution in [1.82, 2.24) is 14.3 Å². The summed E-state index contributed by atoms with van der Waals surface area (Å²) in [7, 11) is 0. The third-order valence-corrected chi connectivity index (χ3v) is 5.15. The van der Waals surface area contributed by atoms with Crippen LogP contribution in [0.3, 0.4) is 0 Å². The van der Waals surface area contributed by atoms with Crippen molar-refractivity contribution in [2.24, 2.45) is 0 Å². The smallest absolute Gasteiger partial charge is 0.258 e. The minimum atomic E-state index is 0.00199. The van der Waals surface area contributed by atoms with Crippen molar-refractivity contribution in [3.05, 3.63) is 46.0 Å². The molecular weight excluding hydrogens is 290 g/mol. The molecule has 2 aromatic rings. The van der Waals surface area contributed by atoms with Gasteiger partial charge in [-0.1, -0.05) is 18.9 Å². The van der Waals surface area contributed by atoms with Crippen LogP contribution in [0.1, 0.15) is 36.9 Å². The maximum absolute atomic E-state index is 12.4. The molecule has 122 valence electrons. The van der Waals surface area contributed by atoms with Crippen molar-refractivity contribution in [2.45, 2.75) is 51.3 Å². The van der Waals surface area contributed by atoms with Crippen LogP contribution in [0.25, 0.3) is 5.65 Å². The summed E-state index contributed by atoms with van der Waals surface area (Å²) >= 11 is 0. The average molecular weight is 313 g/mol. The fraction of sp³-hybridized carbons (Fsp3) is 0.556. The largest absolute Gasteiger partial charge is 0.375 e. The van der Waals surface area contributed by atoms with Gasteiger partial charge in [0.25, 0.3) is 5.56 Å². The molecule has 0 radical (unpaired) electrons. The van der Waals surface area contributed by atoms with E-state index >= 15 is 0 Å². The van der Waals surface area contributed by atoms with Crippen LogP contribution in [0.15, 0.2) is 29.2 Å². The van der Waals surface area contributed by atoms with Crippen LogP contribution in [-0.4, -0.2) is 39.6 Å². The first-order valence-electron chi connectivity index (χ1n) is 8.56. The van der Waals surface area contributed by atoms with Crippen molar-refractivity contribution >= 4 is 5.65 Å². The quantitative estimate of drug-likeness (QED) is 0.852. The number of morpholine rings is 1. The van der Waals surface area contributed by atoms with Gasteiger partial charge in [-0.15, -0.1) is 0 Å². The molecule has 2 atom stereocenters. The van der Waals surface area contributed by atoms with Gasteiger partial charge in [0.1, 0.15) is 5.65 Å². The standard InChI is InChI=1S/C18H23N3O2/c1-13-5-4-8-21-17(22)11-14(19-18(13)21)12-20-9-10-23-16-7-3-2-6-15(16)20/h4-5,8,11,15-16H,2-3,6-7,9-10,12H2,1H3/t15-,16-/m0/s1. The summed E-state index contributed by atoms with van der Waals surface area (Å²) in [6.45, 7) is 4.45. The number of nitrogens with zero attached hydrogens (tertiary/aromatic N) is 3. The predicted octanol–water partition coefficient (Wildman–Crippen LogP) is 2.15. The molecule has 1 aliphatic heterocycles. The monoisotopic (exact) mass is 313 g/mol. The van der Waals surface area contributed by atoms with E-state index in [1.165, 1.54) is 19.3 Å². The first-order chi connectivity index (χ1) is 11.2. The molecule has 1 aliphatic carbocycles. The van der Waals surface area contributed by atoms with Gasteiger partial charge in [-0.3, -0.25) is 14.1 Å². The van der Waals surface area contributed by atoms with Crippen molar-refractivity contribution in [3.8, 4) is 0 Å². The van der Waals surface area contributed by atoms with Crippen LogP contribution >= 0.6 is 0 Å². The van der Waals surface area contributed by atoms with E-state index < -0.39 is 0 Å². The van der Waals surface area contributed by atoms with Crippen molar-refractivity contribution < 1.29 is 4.74 Å². The van der Waals surface area contributed by atoms with Gasteiger partial charge in [-0.2, -0.15) is 0 Å². The number of fused-ring (bicyclic) bond motifs is 2.